The molecule has 2 nitrogen and oxygen atoms in total. The smallest absolute Gasteiger partial charge is 0.162 e. The summed E-state index contributed by atoms with van der Waals surface area (Å²) in [7, 11) is 0. The molecule has 1 rings (SSSR count). The lowest BCUT2D eigenvalue weighted by molar-refractivity contribution is 0.771. The quantitative estimate of drug-likeness (QED) is 0.452. The van der Waals surface area contributed by atoms with Crippen molar-refractivity contribution >= 4 is 6.21 Å². The molecule has 0 bridgehead atoms. The monoisotopic (exact) mass is 106 g/mol. The van der Waals surface area contributed by atoms with Crippen molar-refractivity contribution in [2.75, 3.05) is 0 Å². The molecule has 0 N–H and O–H groups in total. The molecule has 0 saturated carbocycles. The Morgan fingerprint density at radius 2 is 2.50 bits per heavy atom. The highest BCUT2D eigenvalue weighted by atomic mass is 14.8. The van der Waals surface area contributed by atoms with Crippen molar-refractivity contribution < 1.29 is 0 Å². The summed E-state index contributed by atoms with van der Waals surface area (Å²) in [6, 6.07) is 2.06. The molecular weight excluding hydrogens is 100 g/mol. The third kappa shape index (κ3) is 0.627. The van der Waals surface area contributed by atoms with Crippen molar-refractivity contribution in [3.63, 3.8) is 0 Å². The van der Waals surface area contributed by atoms with Crippen molar-refractivity contribution in [1.29, 1.82) is 5.26 Å². The van der Waals surface area contributed by atoms with Gasteiger partial charge in [-0.1, -0.05) is 0 Å². The minimum atomic E-state index is -0.569. The Balaban J connectivity index is 2.89. The van der Waals surface area contributed by atoms with E-state index in [1.807, 2.05) is 0 Å². The first-order chi connectivity index (χ1) is 3.77. The zero-order valence-corrected chi connectivity index (χ0v) is 4.63. The Morgan fingerprint density at radius 3 is 2.75 bits per heavy atom. The van der Waals surface area contributed by atoms with Gasteiger partial charge in [-0.2, -0.15) is 5.26 Å². The van der Waals surface area contributed by atoms with E-state index in [4.69, 9.17) is 5.26 Å². The van der Waals surface area contributed by atoms with E-state index in [2.05, 4.69) is 11.1 Å². The fraction of sp³-hybridized carbons (Fsp3) is 0.333. The van der Waals surface area contributed by atoms with Crippen LogP contribution in [0.25, 0.3) is 0 Å². The minimum Gasteiger partial charge on any atom is -0.267 e. The number of hydrogen-bond acceptors (Lipinski definition) is 2. The van der Waals surface area contributed by atoms with Gasteiger partial charge < -0.3 is 0 Å². The maximum atomic E-state index is 8.41. The molecule has 0 amide bonds. The van der Waals surface area contributed by atoms with Gasteiger partial charge in [0.15, 0.2) is 5.54 Å². The van der Waals surface area contributed by atoms with Gasteiger partial charge in [-0.05, 0) is 19.1 Å². The lowest BCUT2D eigenvalue weighted by Crippen LogP contribution is -2.11. The second kappa shape index (κ2) is 1.45. The van der Waals surface area contributed by atoms with E-state index >= 15 is 0 Å². The van der Waals surface area contributed by atoms with E-state index in [1.54, 1.807) is 25.3 Å². The Kier molecular flexibility index (Phi) is 0.911. The lowest BCUT2D eigenvalue weighted by atomic mass is 10.1. The molecule has 0 spiro atoms. The van der Waals surface area contributed by atoms with Crippen LogP contribution < -0.4 is 0 Å². The number of nitriles is 1. The fourth-order valence-corrected chi connectivity index (χ4v) is 0.537. The van der Waals surface area contributed by atoms with Gasteiger partial charge in [0.25, 0.3) is 0 Å². The molecule has 0 radical (unpaired) electrons. The molecule has 1 atom stereocenters. The number of nitrogens with zero attached hydrogens (tertiary/aromatic N) is 2. The second-order valence-electron chi connectivity index (χ2n) is 1.90. The molecule has 0 aromatic heterocycles. The molecule has 1 aliphatic rings. The molecule has 1 heterocycles. The predicted molar refractivity (Wildman–Crippen MR) is 31.6 cm³/mol. The second-order valence-corrected chi connectivity index (χ2v) is 1.90. The number of allylic oxidation sites excluding steroid dienone is 1. The van der Waals surface area contributed by atoms with E-state index in [9.17, 15) is 0 Å². The van der Waals surface area contributed by atoms with Crippen LogP contribution in [-0.4, -0.2) is 11.8 Å². The summed E-state index contributed by atoms with van der Waals surface area (Å²) in [6.45, 7) is 1.77. The van der Waals surface area contributed by atoms with Crippen LogP contribution in [0.15, 0.2) is 17.1 Å². The summed E-state index contributed by atoms with van der Waals surface area (Å²) in [6.07, 6.45) is 5.19. The van der Waals surface area contributed by atoms with Crippen molar-refractivity contribution in [1.82, 2.24) is 0 Å². The summed E-state index contributed by atoms with van der Waals surface area (Å²) < 4.78 is 0. The van der Waals surface area contributed by atoms with Crippen LogP contribution in [0, 0.1) is 11.3 Å². The Labute approximate surface area is 48.2 Å². The van der Waals surface area contributed by atoms with Gasteiger partial charge in [-0.15, -0.1) is 0 Å². The van der Waals surface area contributed by atoms with Gasteiger partial charge >= 0.3 is 0 Å². The Morgan fingerprint density at radius 1 is 1.75 bits per heavy atom. The van der Waals surface area contributed by atoms with Crippen molar-refractivity contribution in [3.05, 3.63) is 12.2 Å². The molecule has 8 heavy (non-hydrogen) atoms. The Hall–Kier alpha value is -1.10. The van der Waals surface area contributed by atoms with E-state index in [-0.39, 0.29) is 0 Å². The van der Waals surface area contributed by atoms with Crippen LogP contribution in [-0.2, 0) is 0 Å². The van der Waals surface area contributed by atoms with Crippen molar-refractivity contribution in [3.8, 4) is 6.07 Å². The molecule has 40 valence electrons. The third-order valence-electron chi connectivity index (χ3n) is 1.08. The Bertz CT molecular complexity index is 171. The average Bonchev–Trinajstić information content (AvgIpc) is 2.17. The first kappa shape index (κ1) is 5.04. The molecule has 0 aromatic carbocycles. The normalized spacial score (nSPS) is 33.0. The molecule has 1 aliphatic heterocycles. The molecule has 0 saturated heterocycles. The standard InChI is InChI=1S/C6H6N2/c1-6(5-7)3-2-4-8-6/h2-4H,1H3. The number of aliphatic imine (C=N–C) groups is 1. The summed E-state index contributed by atoms with van der Waals surface area (Å²) in [5.74, 6) is 0. The maximum absolute atomic E-state index is 8.41. The topological polar surface area (TPSA) is 36.1 Å². The molecule has 0 aromatic rings. The lowest BCUT2D eigenvalue weighted by Gasteiger charge is -2.03. The van der Waals surface area contributed by atoms with E-state index in [1.165, 1.54) is 0 Å². The first-order valence-electron chi connectivity index (χ1n) is 2.41. The van der Waals surface area contributed by atoms with E-state index in [0.717, 1.165) is 0 Å². The highest BCUT2D eigenvalue weighted by Crippen LogP contribution is 2.13. The molecule has 1 unspecified atom stereocenters. The van der Waals surface area contributed by atoms with Crippen LogP contribution in [0.5, 0.6) is 0 Å². The maximum Gasteiger partial charge on any atom is 0.162 e. The minimum absolute atomic E-state index is 0.569. The number of rotatable bonds is 0. The van der Waals surface area contributed by atoms with Gasteiger partial charge in [-0.3, -0.25) is 4.99 Å². The molecule has 0 fully saturated rings. The average molecular weight is 106 g/mol. The highest BCUT2D eigenvalue weighted by molar-refractivity contribution is 5.76. The summed E-state index contributed by atoms with van der Waals surface area (Å²) in [5.41, 5.74) is -0.569. The fourth-order valence-electron chi connectivity index (χ4n) is 0.537. The van der Waals surface area contributed by atoms with E-state index < -0.39 is 5.54 Å². The SMILES string of the molecule is CC1(C#N)C=CC=N1. The summed E-state index contributed by atoms with van der Waals surface area (Å²) >= 11 is 0. The van der Waals surface area contributed by atoms with Crippen LogP contribution in [0.1, 0.15) is 6.92 Å². The zero-order chi connectivity index (χ0) is 6.04. The third-order valence-corrected chi connectivity index (χ3v) is 1.08. The highest BCUT2D eigenvalue weighted by Gasteiger charge is 2.18. The van der Waals surface area contributed by atoms with Gasteiger partial charge in [0, 0.05) is 6.21 Å². The first-order valence-corrected chi connectivity index (χ1v) is 2.41. The largest absolute Gasteiger partial charge is 0.267 e. The van der Waals surface area contributed by atoms with Crippen LogP contribution in [0.4, 0.5) is 0 Å². The van der Waals surface area contributed by atoms with Crippen LogP contribution in [0.2, 0.25) is 0 Å². The molecule has 0 aliphatic carbocycles. The summed E-state index contributed by atoms with van der Waals surface area (Å²) in [4.78, 5) is 3.89. The van der Waals surface area contributed by atoms with Crippen molar-refractivity contribution in [2.24, 2.45) is 4.99 Å². The van der Waals surface area contributed by atoms with Crippen LogP contribution in [0.3, 0.4) is 0 Å². The van der Waals surface area contributed by atoms with Gasteiger partial charge in [0.2, 0.25) is 0 Å². The van der Waals surface area contributed by atoms with Crippen LogP contribution >= 0.6 is 0 Å². The molecular formula is C6H6N2. The van der Waals surface area contributed by atoms with Crippen molar-refractivity contribution in [2.45, 2.75) is 12.5 Å². The number of hydrogen-bond donors (Lipinski definition) is 0. The van der Waals surface area contributed by atoms with Gasteiger partial charge in [-0.25, -0.2) is 0 Å². The zero-order valence-electron chi connectivity index (χ0n) is 4.63. The van der Waals surface area contributed by atoms with Gasteiger partial charge in [0.1, 0.15) is 0 Å². The molecule has 2 heteroatoms. The predicted octanol–water partition coefficient (Wildman–Crippen LogP) is 0.909. The van der Waals surface area contributed by atoms with E-state index in [0.29, 0.717) is 0 Å². The summed E-state index contributed by atoms with van der Waals surface area (Å²) in [5, 5.41) is 8.41. The van der Waals surface area contributed by atoms with Gasteiger partial charge in [0.05, 0.1) is 6.07 Å².